The summed E-state index contributed by atoms with van der Waals surface area (Å²) >= 11 is 0. The van der Waals surface area contributed by atoms with Gasteiger partial charge in [-0.1, -0.05) is 32.9 Å². The molecule has 166 valence electrons. The van der Waals surface area contributed by atoms with E-state index in [-0.39, 0.29) is 40.7 Å². The molecule has 2 saturated carbocycles. The Hall–Kier alpha value is -1.89. The molecule has 0 unspecified atom stereocenters. The van der Waals surface area contributed by atoms with E-state index in [1.54, 1.807) is 13.0 Å². The minimum absolute atomic E-state index is 0.0132. The molecule has 1 aliphatic heterocycles. The van der Waals surface area contributed by atoms with Crippen LogP contribution in [0.2, 0.25) is 0 Å². The van der Waals surface area contributed by atoms with Crippen LogP contribution in [-0.2, 0) is 9.53 Å². The minimum Gasteiger partial charge on any atom is -0.378 e. The molecule has 5 atom stereocenters. The van der Waals surface area contributed by atoms with Crippen molar-refractivity contribution < 1.29 is 18.8 Å². The molecule has 1 aromatic heterocycles. The highest BCUT2D eigenvalue weighted by atomic mass is 16.5. The molecule has 2 bridgehead atoms. The molecule has 7 nitrogen and oxygen atoms in total. The quantitative estimate of drug-likeness (QED) is 0.742. The maximum absolute atomic E-state index is 12.6. The Morgan fingerprint density at radius 3 is 2.77 bits per heavy atom. The van der Waals surface area contributed by atoms with Crippen molar-refractivity contribution in [1.29, 1.82) is 0 Å². The lowest BCUT2D eigenvalue weighted by atomic mass is 9.59. The fourth-order valence-corrected chi connectivity index (χ4v) is 6.40. The van der Waals surface area contributed by atoms with Gasteiger partial charge in [-0.2, -0.15) is 0 Å². The highest BCUT2D eigenvalue weighted by Gasteiger charge is 2.68. The molecule has 2 amide bonds. The zero-order valence-electron chi connectivity index (χ0n) is 18.8. The van der Waals surface area contributed by atoms with Gasteiger partial charge in [0.1, 0.15) is 5.76 Å². The SMILES string of the molecule is Cc1cc(C(=O)NCC[C@H]2OCC[C@@]34C[C@@H](C[C@H]23)C(C)(C)[C@@H]4NC(=O)C(C)C)no1. The topological polar surface area (TPSA) is 93.5 Å². The van der Waals surface area contributed by atoms with Crippen LogP contribution in [0.1, 0.15) is 69.6 Å². The van der Waals surface area contributed by atoms with E-state index in [0.29, 0.717) is 36.4 Å². The molecule has 0 aromatic carbocycles. The van der Waals surface area contributed by atoms with Gasteiger partial charge in [-0.3, -0.25) is 9.59 Å². The Bertz CT molecular complexity index is 817. The lowest BCUT2D eigenvalue weighted by Gasteiger charge is -2.53. The molecule has 3 aliphatic rings. The van der Waals surface area contributed by atoms with Crippen LogP contribution < -0.4 is 10.6 Å². The molecular formula is C23H35N3O4. The van der Waals surface area contributed by atoms with Crippen molar-refractivity contribution in [2.45, 2.75) is 72.4 Å². The first-order valence-corrected chi connectivity index (χ1v) is 11.3. The van der Waals surface area contributed by atoms with Crippen LogP contribution in [-0.4, -0.2) is 42.3 Å². The van der Waals surface area contributed by atoms with Gasteiger partial charge < -0.3 is 19.9 Å². The average Bonchev–Trinajstić information content (AvgIpc) is 3.34. The minimum atomic E-state index is -0.214. The third-order valence-corrected chi connectivity index (χ3v) is 8.01. The zero-order chi connectivity index (χ0) is 21.7. The van der Waals surface area contributed by atoms with Crippen LogP contribution in [0.4, 0.5) is 0 Å². The second-order valence-electron chi connectivity index (χ2n) is 10.4. The Morgan fingerprint density at radius 1 is 1.33 bits per heavy atom. The summed E-state index contributed by atoms with van der Waals surface area (Å²) in [6, 6.07) is 1.82. The lowest BCUT2D eigenvalue weighted by Crippen LogP contribution is -2.60. The van der Waals surface area contributed by atoms with Crippen LogP contribution in [0.25, 0.3) is 0 Å². The Kier molecular flexibility index (Phi) is 5.45. The van der Waals surface area contributed by atoms with E-state index >= 15 is 0 Å². The third kappa shape index (κ3) is 3.45. The second-order valence-corrected chi connectivity index (χ2v) is 10.4. The summed E-state index contributed by atoms with van der Waals surface area (Å²) in [6.45, 7) is 11.6. The van der Waals surface area contributed by atoms with Gasteiger partial charge >= 0.3 is 0 Å². The molecule has 2 heterocycles. The first-order chi connectivity index (χ1) is 14.1. The monoisotopic (exact) mass is 417 g/mol. The number of ether oxygens (including phenoxy) is 1. The van der Waals surface area contributed by atoms with Crippen molar-refractivity contribution >= 4 is 11.8 Å². The Morgan fingerprint density at radius 2 is 2.10 bits per heavy atom. The van der Waals surface area contributed by atoms with Crippen molar-refractivity contribution in [1.82, 2.24) is 15.8 Å². The number of hydrogen-bond acceptors (Lipinski definition) is 5. The number of aromatic nitrogens is 1. The number of nitrogens with zero attached hydrogens (tertiary/aromatic N) is 1. The molecule has 2 N–H and O–H groups in total. The number of hydrogen-bond donors (Lipinski definition) is 2. The normalized spacial score (nSPS) is 34.1. The van der Waals surface area contributed by atoms with Crippen molar-refractivity contribution in [2.75, 3.05) is 13.2 Å². The van der Waals surface area contributed by atoms with Gasteiger partial charge in [-0.15, -0.1) is 0 Å². The van der Waals surface area contributed by atoms with E-state index < -0.39 is 0 Å². The third-order valence-electron chi connectivity index (χ3n) is 8.01. The molecule has 0 radical (unpaired) electrons. The predicted octanol–water partition coefficient (Wildman–Crippen LogP) is 3.09. The van der Waals surface area contributed by atoms with Crippen molar-refractivity contribution in [3.05, 3.63) is 17.5 Å². The Labute approximate surface area is 178 Å². The number of amides is 2. The second kappa shape index (κ2) is 7.66. The molecular weight excluding hydrogens is 382 g/mol. The van der Waals surface area contributed by atoms with Crippen LogP contribution >= 0.6 is 0 Å². The van der Waals surface area contributed by atoms with E-state index in [4.69, 9.17) is 9.26 Å². The molecule has 1 aromatic rings. The molecule has 30 heavy (non-hydrogen) atoms. The van der Waals surface area contributed by atoms with Crippen LogP contribution in [0, 0.1) is 35.5 Å². The smallest absolute Gasteiger partial charge is 0.273 e. The zero-order valence-corrected chi connectivity index (χ0v) is 18.8. The molecule has 7 heteroatoms. The van der Waals surface area contributed by atoms with E-state index in [2.05, 4.69) is 29.6 Å². The summed E-state index contributed by atoms with van der Waals surface area (Å²) in [5.41, 5.74) is 0.517. The summed E-state index contributed by atoms with van der Waals surface area (Å²) in [6.07, 6.45) is 4.19. The number of fused-ring (bicyclic) bond motifs is 1. The fourth-order valence-electron chi connectivity index (χ4n) is 6.40. The highest BCUT2D eigenvalue weighted by Crippen LogP contribution is 2.68. The summed E-state index contributed by atoms with van der Waals surface area (Å²) in [5.74, 6) is 1.56. The fraction of sp³-hybridized carbons (Fsp3) is 0.783. The number of aryl methyl sites for hydroxylation is 1. The van der Waals surface area contributed by atoms with Gasteiger partial charge in [0.25, 0.3) is 5.91 Å². The molecule has 1 spiro atoms. The number of carbonyl (C=O) groups is 2. The van der Waals surface area contributed by atoms with E-state index in [9.17, 15) is 9.59 Å². The van der Waals surface area contributed by atoms with Gasteiger partial charge in [-0.25, -0.2) is 0 Å². The highest BCUT2D eigenvalue weighted by molar-refractivity contribution is 5.92. The van der Waals surface area contributed by atoms with Crippen LogP contribution in [0.3, 0.4) is 0 Å². The summed E-state index contributed by atoms with van der Waals surface area (Å²) in [5, 5.41) is 10.1. The van der Waals surface area contributed by atoms with Crippen molar-refractivity contribution in [3.8, 4) is 0 Å². The molecule has 2 aliphatic carbocycles. The average molecular weight is 418 g/mol. The standard InChI is InChI=1S/C23H35N3O4/c1-13(2)19(27)25-21-22(4,5)15-11-16-18(29-9-7-23(16,21)12-15)6-8-24-20(28)17-10-14(3)30-26-17/h10,13,15-16,18,21H,6-9,11-12H2,1-5H3,(H,24,28)(H,25,27)/t15-,16-,18-,21+,23-/m1/s1. The van der Waals surface area contributed by atoms with Crippen molar-refractivity contribution in [3.63, 3.8) is 0 Å². The lowest BCUT2D eigenvalue weighted by molar-refractivity contribution is -0.138. The number of nitrogens with one attached hydrogen (secondary N) is 2. The van der Waals surface area contributed by atoms with Gasteiger partial charge in [0, 0.05) is 31.2 Å². The van der Waals surface area contributed by atoms with Gasteiger partial charge in [0.05, 0.1) is 6.10 Å². The first kappa shape index (κ1) is 21.3. The van der Waals surface area contributed by atoms with E-state index in [1.165, 1.54) is 0 Å². The molecule has 3 fully saturated rings. The maximum Gasteiger partial charge on any atom is 0.273 e. The van der Waals surface area contributed by atoms with Crippen molar-refractivity contribution in [2.24, 2.45) is 28.6 Å². The first-order valence-electron chi connectivity index (χ1n) is 11.3. The maximum atomic E-state index is 12.6. The molecule has 4 rings (SSSR count). The van der Waals surface area contributed by atoms with E-state index in [0.717, 1.165) is 25.7 Å². The number of rotatable bonds is 6. The van der Waals surface area contributed by atoms with Gasteiger partial charge in [0.15, 0.2) is 5.69 Å². The summed E-state index contributed by atoms with van der Waals surface area (Å²) in [4.78, 5) is 24.8. The summed E-state index contributed by atoms with van der Waals surface area (Å²) < 4.78 is 11.2. The Balaban J connectivity index is 1.43. The molecule has 1 saturated heterocycles. The predicted molar refractivity (Wildman–Crippen MR) is 112 cm³/mol. The summed E-state index contributed by atoms with van der Waals surface area (Å²) in [7, 11) is 0. The van der Waals surface area contributed by atoms with Crippen LogP contribution in [0.15, 0.2) is 10.6 Å². The van der Waals surface area contributed by atoms with E-state index in [1.807, 2.05) is 13.8 Å². The number of carbonyl (C=O) groups excluding carboxylic acids is 2. The largest absolute Gasteiger partial charge is 0.378 e. The van der Waals surface area contributed by atoms with Gasteiger partial charge in [-0.05, 0) is 55.3 Å². The van der Waals surface area contributed by atoms with Gasteiger partial charge in [0.2, 0.25) is 5.91 Å². The van der Waals surface area contributed by atoms with Crippen LogP contribution in [0.5, 0.6) is 0 Å².